The first-order chi connectivity index (χ1) is 43.4. The summed E-state index contributed by atoms with van der Waals surface area (Å²) < 4.78 is 183. The molecular formula is C58H80F2N14O12S6. The largest absolute Gasteiger partial charge is 0.301 e. The third kappa shape index (κ3) is 20.1. The molecule has 0 saturated carbocycles. The molecule has 3 aromatic carbocycles. The molecule has 0 radical (unpaired) electrons. The Balaban J connectivity index is 0.000000157. The third-order valence-corrected chi connectivity index (χ3v) is 25.1. The van der Waals surface area contributed by atoms with Gasteiger partial charge in [-0.15, -0.1) is 0 Å². The first-order valence-corrected chi connectivity index (χ1v) is 39.0. The van der Waals surface area contributed by atoms with Crippen LogP contribution in [-0.4, -0.2) is 152 Å². The molecule has 504 valence electrons. The highest BCUT2D eigenvalue weighted by atomic mass is 32.2. The molecule has 0 aliphatic carbocycles. The van der Waals surface area contributed by atoms with Crippen molar-refractivity contribution in [2.24, 2.45) is 0 Å². The van der Waals surface area contributed by atoms with E-state index in [1.54, 1.807) is 95.1 Å². The number of hydrogen-bond donors (Lipinski definition) is 3. The van der Waals surface area contributed by atoms with Gasteiger partial charge < -0.3 is 0 Å². The zero-order valence-corrected chi connectivity index (χ0v) is 57.1. The van der Waals surface area contributed by atoms with Crippen LogP contribution in [0, 0.1) is 53.2 Å². The van der Waals surface area contributed by atoms with Gasteiger partial charge in [-0.25, -0.2) is 54.0 Å². The van der Waals surface area contributed by atoms with Crippen LogP contribution in [0.1, 0.15) is 91.8 Å². The second-order valence-electron chi connectivity index (χ2n) is 22.1. The van der Waals surface area contributed by atoms with Crippen molar-refractivity contribution in [3.8, 4) is 0 Å². The van der Waals surface area contributed by atoms with Crippen molar-refractivity contribution in [2.75, 3.05) is 102 Å². The topological polar surface area (TPSA) is 325 Å². The molecule has 9 heterocycles. The molecule has 34 heteroatoms. The fourth-order valence-electron chi connectivity index (χ4n) is 9.73. The highest BCUT2D eigenvalue weighted by molar-refractivity contribution is 7.93. The van der Waals surface area contributed by atoms with Crippen LogP contribution in [-0.2, 0) is 60.7 Å². The Morgan fingerprint density at radius 3 is 0.978 bits per heavy atom. The van der Waals surface area contributed by atoms with E-state index >= 15 is 0 Å². The number of aryl methyl sites for hydroxylation is 6. The number of nitrogens with one attached hydrogen (secondary N) is 3. The van der Waals surface area contributed by atoms with Gasteiger partial charge in [0.15, 0.2) is 0 Å². The average Bonchev–Trinajstić information content (AvgIpc) is 0.936. The van der Waals surface area contributed by atoms with Crippen LogP contribution in [0.25, 0.3) is 0 Å². The summed E-state index contributed by atoms with van der Waals surface area (Å²) >= 11 is 0. The Morgan fingerprint density at radius 1 is 0.337 bits per heavy atom. The smallest absolute Gasteiger partial charge is 0.270 e. The van der Waals surface area contributed by atoms with E-state index < -0.39 is 66.5 Å². The molecule has 3 N–H and O–H groups in total. The van der Waals surface area contributed by atoms with Crippen LogP contribution < -0.4 is 40.0 Å². The molecule has 0 spiro atoms. The monoisotopic (exact) mass is 1390 g/mol. The molecule has 0 amide bonds. The molecule has 0 unspecified atom stereocenters. The lowest BCUT2D eigenvalue weighted by molar-refractivity contribution is 0.558. The predicted octanol–water partition coefficient (Wildman–Crippen LogP) is 6.15. The number of nitrogens with zero attached hydrogens (tertiary/aromatic N) is 11. The Bertz CT molecular complexity index is 3710. The molecule has 6 aromatic rings. The molecule has 12 rings (SSSR count). The number of sulfonamides is 3. The van der Waals surface area contributed by atoms with Crippen LogP contribution in [0.15, 0.2) is 104 Å². The van der Waals surface area contributed by atoms with Gasteiger partial charge in [0.05, 0.1) is 82.4 Å². The second-order valence-corrected chi connectivity index (χ2v) is 33.2. The van der Waals surface area contributed by atoms with E-state index in [9.17, 15) is 59.3 Å². The van der Waals surface area contributed by atoms with E-state index in [0.29, 0.717) is 123 Å². The van der Waals surface area contributed by atoms with Gasteiger partial charge in [-0.1, -0.05) is 29.8 Å². The van der Waals surface area contributed by atoms with Crippen LogP contribution >= 0.6 is 0 Å². The van der Waals surface area contributed by atoms with Gasteiger partial charge in [-0.3, -0.25) is 30.8 Å². The molecule has 6 saturated heterocycles. The van der Waals surface area contributed by atoms with E-state index in [1.165, 1.54) is 38.0 Å². The minimum Gasteiger partial charge on any atom is -0.270 e. The summed E-state index contributed by atoms with van der Waals surface area (Å²) in [4.78, 5) is 20.1. The van der Waals surface area contributed by atoms with E-state index in [1.807, 2.05) is 38.1 Å². The van der Waals surface area contributed by atoms with Crippen LogP contribution in [0.5, 0.6) is 0 Å². The summed E-state index contributed by atoms with van der Waals surface area (Å²) in [7, 11) is -19.7. The van der Waals surface area contributed by atoms with E-state index in [4.69, 9.17) is 0 Å². The Kier molecular flexibility index (Phi) is 25.2. The van der Waals surface area contributed by atoms with Crippen molar-refractivity contribution in [1.29, 1.82) is 0 Å². The highest BCUT2D eigenvalue weighted by Gasteiger charge is 2.31. The maximum Gasteiger partial charge on any atom is 0.301 e. The number of halogens is 2. The molecule has 6 aliphatic heterocycles. The maximum atomic E-state index is 13.4. The highest BCUT2D eigenvalue weighted by Crippen LogP contribution is 2.28. The molecular weight excluding hydrogens is 1320 g/mol. The van der Waals surface area contributed by atoms with Crippen LogP contribution in [0.3, 0.4) is 0 Å². The van der Waals surface area contributed by atoms with Crippen molar-refractivity contribution in [3.05, 3.63) is 149 Å². The van der Waals surface area contributed by atoms with Gasteiger partial charge >= 0.3 is 30.6 Å². The Hall–Kier alpha value is -6.79. The van der Waals surface area contributed by atoms with Gasteiger partial charge in [-0.05, 0) is 159 Å². The molecule has 0 atom stereocenters. The zero-order valence-electron chi connectivity index (χ0n) is 52.2. The van der Waals surface area contributed by atoms with Crippen LogP contribution in [0.2, 0.25) is 0 Å². The Morgan fingerprint density at radius 2 is 0.641 bits per heavy atom. The summed E-state index contributed by atoms with van der Waals surface area (Å²) in [5.74, 6) is 1.14. The van der Waals surface area contributed by atoms with E-state index in [-0.39, 0.29) is 23.1 Å². The lowest BCUT2D eigenvalue weighted by atomic mass is 10.2. The number of aromatic nitrogens is 5. The molecule has 0 bridgehead atoms. The van der Waals surface area contributed by atoms with E-state index in [0.717, 1.165) is 61.9 Å². The lowest BCUT2D eigenvalue weighted by Gasteiger charge is -2.28. The van der Waals surface area contributed by atoms with Gasteiger partial charge in [0.2, 0.25) is 30.1 Å². The number of rotatable bonds is 6. The minimum atomic E-state index is -3.49. The first-order valence-electron chi connectivity index (χ1n) is 29.8. The number of hydrogen-bond acceptors (Lipinski definition) is 17. The second kappa shape index (κ2) is 31.9. The normalized spacial score (nSPS) is 20.0. The molecule has 6 aliphatic rings. The van der Waals surface area contributed by atoms with Crippen LogP contribution in [0.4, 0.5) is 42.9 Å². The first kappa shape index (κ1) is 72.6. The standard InChI is InChI=1S/C11H14FNO2S.C10H13FN2O2S.C10H14N2O2S.3C9H13N3O2S/c1-9-4-5-10(8-11(9)12)13-6-2-3-7-16(13,14)15;1-8-3-4-9(7-10(8)11)13-6-2-5-12-16(13,14)15;1-9-3-5-10(6-4-9)12-8-2-7-11-15(12,13)14;1-8-3-4-9(7-10-8)12-6-2-5-11-15(12,13)14;2*1-8-10-6-9(7-11-8)12-4-2-3-5-15(12,13)14/h4-5,8H,2-3,6-7H2,1H3;3-4,7,12H,2,5-6H2,1H3;3-6,11H,2,7-8H2,1H3;3-4,7,11H,2,5-6H2,1H3;2*6-7H,2-5H2,1H3. The quantitative estimate of drug-likeness (QED) is 0.168. The summed E-state index contributed by atoms with van der Waals surface area (Å²) in [5.41, 5.74) is 6.32. The fourth-order valence-corrected chi connectivity index (χ4v) is 18.5. The van der Waals surface area contributed by atoms with Gasteiger partial charge in [0.1, 0.15) is 23.3 Å². The summed E-state index contributed by atoms with van der Waals surface area (Å²) in [6.45, 7) is 15.1. The molecule has 6 fully saturated rings. The molecule has 26 nitrogen and oxygen atoms in total. The predicted molar refractivity (Wildman–Crippen MR) is 354 cm³/mol. The van der Waals surface area contributed by atoms with Crippen molar-refractivity contribution in [3.63, 3.8) is 0 Å². The number of pyridine rings is 1. The molecule has 3 aromatic heterocycles. The summed E-state index contributed by atoms with van der Waals surface area (Å²) in [6, 6.07) is 20.1. The minimum absolute atomic E-state index is 0.155. The van der Waals surface area contributed by atoms with Gasteiger partial charge in [0.25, 0.3) is 0 Å². The van der Waals surface area contributed by atoms with Gasteiger partial charge in [-0.2, -0.15) is 39.4 Å². The third-order valence-electron chi connectivity index (χ3n) is 14.9. The number of benzene rings is 3. The van der Waals surface area contributed by atoms with E-state index in [2.05, 4.69) is 39.1 Å². The van der Waals surface area contributed by atoms with Crippen molar-refractivity contribution in [1.82, 2.24) is 39.1 Å². The van der Waals surface area contributed by atoms with Gasteiger partial charge in [0, 0.05) is 64.6 Å². The summed E-state index contributed by atoms with van der Waals surface area (Å²) in [6.07, 6.45) is 15.0. The average molecular weight is 1400 g/mol. The molecule has 92 heavy (non-hydrogen) atoms. The summed E-state index contributed by atoms with van der Waals surface area (Å²) in [5, 5.41) is 0. The van der Waals surface area contributed by atoms with Crippen molar-refractivity contribution < 1.29 is 59.3 Å². The van der Waals surface area contributed by atoms with Crippen molar-refractivity contribution in [2.45, 2.75) is 99.3 Å². The zero-order chi connectivity index (χ0) is 67.1. The lowest BCUT2D eigenvalue weighted by Crippen LogP contribution is -2.47. The number of anilines is 6. The maximum absolute atomic E-state index is 13.4. The fraction of sp³-hybridized carbons (Fsp3) is 0.466. The SMILES string of the molecule is Cc1ccc(N2CCCCS2(=O)=O)cc1F.Cc1ccc(N2CCCNS2(=O)=O)cc1.Cc1ccc(N2CCCNS2(=O)=O)cc1F.Cc1ccc(N2CCCNS2(=O)=O)cn1.Cc1ncc(N2CCCCS2(=O)=O)cn1.Cc1ncc(N2CCCCS2(=O)=O)cn1. The van der Waals surface area contributed by atoms with Crippen molar-refractivity contribution >= 4 is 94.8 Å². The Labute approximate surface area is 540 Å².